The second-order valence-electron chi connectivity index (χ2n) is 4.53. The van der Waals surface area contributed by atoms with Crippen LogP contribution in [0.4, 0.5) is 0 Å². The summed E-state index contributed by atoms with van der Waals surface area (Å²) in [6.07, 6.45) is 5.75. The van der Waals surface area contributed by atoms with Crippen LogP contribution >= 0.6 is 0 Å². The Morgan fingerprint density at radius 3 is 2.18 bits per heavy atom. The van der Waals surface area contributed by atoms with Crippen LogP contribution in [0.25, 0.3) is 0 Å². The average molecular weight is 153 g/mol. The lowest BCUT2D eigenvalue weighted by molar-refractivity contribution is 0.153. The first kappa shape index (κ1) is 7.60. The fourth-order valence-corrected chi connectivity index (χ4v) is 2.08. The maximum Gasteiger partial charge on any atom is 0.0100 e. The first-order chi connectivity index (χ1) is 5.27. The van der Waals surface area contributed by atoms with Crippen molar-refractivity contribution >= 4 is 0 Å². The van der Waals surface area contributed by atoms with Crippen LogP contribution < -0.4 is 5.32 Å². The van der Waals surface area contributed by atoms with Gasteiger partial charge in [-0.15, -0.1) is 0 Å². The smallest absolute Gasteiger partial charge is 0.0100 e. The molecular weight excluding hydrogens is 134 g/mol. The van der Waals surface area contributed by atoms with Crippen molar-refractivity contribution in [2.45, 2.75) is 51.6 Å². The molecule has 0 aromatic heterocycles. The van der Waals surface area contributed by atoms with Crippen molar-refractivity contribution in [3.05, 3.63) is 0 Å². The summed E-state index contributed by atoms with van der Waals surface area (Å²) in [5, 5.41) is 3.72. The van der Waals surface area contributed by atoms with E-state index in [1.54, 1.807) is 0 Å². The molecule has 0 bridgehead atoms. The van der Waals surface area contributed by atoms with Gasteiger partial charge < -0.3 is 5.32 Å². The molecule has 2 atom stereocenters. The van der Waals surface area contributed by atoms with E-state index in [9.17, 15) is 0 Å². The second kappa shape index (κ2) is 2.78. The van der Waals surface area contributed by atoms with Crippen LogP contribution in [0.2, 0.25) is 0 Å². The molecule has 2 rings (SSSR count). The van der Waals surface area contributed by atoms with Crippen LogP contribution in [0.15, 0.2) is 0 Å². The number of nitrogens with one attached hydrogen (secondary N) is 1. The summed E-state index contributed by atoms with van der Waals surface area (Å²) in [5.41, 5.74) is 0. The highest BCUT2D eigenvalue weighted by molar-refractivity contribution is 4.94. The molecule has 2 fully saturated rings. The minimum Gasteiger partial charge on any atom is -0.311 e. The third kappa shape index (κ3) is 1.58. The second-order valence-corrected chi connectivity index (χ2v) is 4.53. The summed E-state index contributed by atoms with van der Waals surface area (Å²) in [7, 11) is 0. The van der Waals surface area contributed by atoms with Crippen molar-refractivity contribution in [2.75, 3.05) is 0 Å². The van der Waals surface area contributed by atoms with Gasteiger partial charge in [0, 0.05) is 12.1 Å². The molecule has 0 radical (unpaired) electrons. The van der Waals surface area contributed by atoms with E-state index in [4.69, 9.17) is 0 Å². The molecule has 1 N–H and O–H groups in total. The minimum atomic E-state index is 0.877. The van der Waals surface area contributed by atoms with Crippen LogP contribution in [0.5, 0.6) is 0 Å². The molecule has 0 aromatic rings. The Balaban J connectivity index is 1.75. The molecule has 2 unspecified atom stereocenters. The lowest BCUT2D eigenvalue weighted by Gasteiger charge is -2.40. The molecule has 0 spiro atoms. The van der Waals surface area contributed by atoms with Gasteiger partial charge in [0.05, 0.1) is 0 Å². The summed E-state index contributed by atoms with van der Waals surface area (Å²) in [6.45, 7) is 4.71. The molecule has 0 aromatic carbocycles. The van der Waals surface area contributed by atoms with Crippen molar-refractivity contribution < 1.29 is 0 Å². The Labute approximate surface area is 69.6 Å². The Bertz CT molecular complexity index is 138. The van der Waals surface area contributed by atoms with Crippen molar-refractivity contribution in [1.82, 2.24) is 5.32 Å². The van der Waals surface area contributed by atoms with Crippen molar-refractivity contribution in [2.24, 2.45) is 11.8 Å². The van der Waals surface area contributed by atoms with Crippen LogP contribution in [-0.2, 0) is 0 Å². The molecule has 2 saturated carbocycles. The molecule has 11 heavy (non-hydrogen) atoms. The maximum atomic E-state index is 3.72. The molecule has 1 heteroatoms. The monoisotopic (exact) mass is 153 g/mol. The Morgan fingerprint density at radius 1 is 1.09 bits per heavy atom. The minimum absolute atomic E-state index is 0.877. The van der Waals surface area contributed by atoms with Gasteiger partial charge in [0.25, 0.3) is 0 Å². The highest BCUT2D eigenvalue weighted by Crippen LogP contribution is 2.35. The Kier molecular flexibility index (Phi) is 1.92. The van der Waals surface area contributed by atoms with Crippen LogP contribution in [0.1, 0.15) is 39.5 Å². The summed E-state index contributed by atoms with van der Waals surface area (Å²) < 4.78 is 0. The number of rotatable bonds is 3. The Hall–Kier alpha value is -0.0400. The van der Waals surface area contributed by atoms with E-state index in [1.165, 1.54) is 25.7 Å². The van der Waals surface area contributed by atoms with Gasteiger partial charge >= 0.3 is 0 Å². The topological polar surface area (TPSA) is 12.0 Å². The lowest BCUT2D eigenvalue weighted by atomic mass is 9.73. The molecule has 0 aliphatic heterocycles. The zero-order chi connectivity index (χ0) is 7.84. The van der Waals surface area contributed by atoms with Gasteiger partial charge in [0.1, 0.15) is 0 Å². The molecule has 0 amide bonds. The zero-order valence-corrected chi connectivity index (χ0v) is 7.64. The predicted octanol–water partition coefficient (Wildman–Crippen LogP) is 2.17. The third-order valence-corrected chi connectivity index (χ3v) is 3.21. The first-order valence-corrected chi connectivity index (χ1v) is 5.03. The molecule has 0 heterocycles. The lowest BCUT2D eigenvalue weighted by Crippen LogP contribution is -2.47. The quantitative estimate of drug-likeness (QED) is 0.655. The van der Waals surface area contributed by atoms with E-state index in [0.717, 1.165) is 23.9 Å². The number of hydrogen-bond acceptors (Lipinski definition) is 1. The van der Waals surface area contributed by atoms with E-state index in [0.29, 0.717) is 0 Å². The average Bonchev–Trinajstić information content (AvgIpc) is 2.60. The SMILES string of the molecule is CC(C)C1CCC1NC1CC1. The van der Waals surface area contributed by atoms with E-state index >= 15 is 0 Å². The highest BCUT2D eigenvalue weighted by atomic mass is 15.0. The van der Waals surface area contributed by atoms with E-state index in [-0.39, 0.29) is 0 Å². The van der Waals surface area contributed by atoms with Crippen LogP contribution in [0, 0.1) is 11.8 Å². The fourth-order valence-electron chi connectivity index (χ4n) is 2.08. The van der Waals surface area contributed by atoms with E-state index in [1.807, 2.05) is 0 Å². The standard InChI is InChI=1S/C10H19N/c1-7(2)9-5-6-10(9)11-8-3-4-8/h7-11H,3-6H2,1-2H3. The van der Waals surface area contributed by atoms with Crippen molar-refractivity contribution in [1.29, 1.82) is 0 Å². The molecule has 2 aliphatic rings. The summed E-state index contributed by atoms with van der Waals surface area (Å²) in [4.78, 5) is 0. The van der Waals surface area contributed by atoms with Gasteiger partial charge in [0.2, 0.25) is 0 Å². The number of hydrogen-bond donors (Lipinski definition) is 1. The summed E-state index contributed by atoms with van der Waals surface area (Å²) >= 11 is 0. The van der Waals surface area contributed by atoms with Crippen molar-refractivity contribution in [3.63, 3.8) is 0 Å². The van der Waals surface area contributed by atoms with E-state index in [2.05, 4.69) is 19.2 Å². The molecule has 1 nitrogen and oxygen atoms in total. The van der Waals surface area contributed by atoms with Crippen LogP contribution in [0.3, 0.4) is 0 Å². The van der Waals surface area contributed by atoms with Gasteiger partial charge in [-0.05, 0) is 37.5 Å². The highest BCUT2D eigenvalue weighted by Gasteiger charge is 2.36. The van der Waals surface area contributed by atoms with Crippen molar-refractivity contribution in [3.8, 4) is 0 Å². The predicted molar refractivity (Wildman–Crippen MR) is 47.5 cm³/mol. The molecule has 2 aliphatic carbocycles. The first-order valence-electron chi connectivity index (χ1n) is 5.03. The van der Waals surface area contributed by atoms with Gasteiger partial charge in [-0.3, -0.25) is 0 Å². The third-order valence-electron chi connectivity index (χ3n) is 3.21. The van der Waals surface area contributed by atoms with Gasteiger partial charge in [-0.25, -0.2) is 0 Å². The van der Waals surface area contributed by atoms with E-state index < -0.39 is 0 Å². The maximum absolute atomic E-state index is 3.72. The van der Waals surface area contributed by atoms with Gasteiger partial charge in [-0.1, -0.05) is 13.8 Å². The normalized spacial score (nSPS) is 37.4. The fraction of sp³-hybridized carbons (Fsp3) is 1.00. The Morgan fingerprint density at radius 2 is 1.82 bits per heavy atom. The molecular formula is C10H19N. The largest absolute Gasteiger partial charge is 0.311 e. The molecule has 0 saturated heterocycles. The summed E-state index contributed by atoms with van der Waals surface area (Å²) in [6, 6.07) is 1.78. The van der Waals surface area contributed by atoms with Gasteiger partial charge in [0.15, 0.2) is 0 Å². The summed E-state index contributed by atoms with van der Waals surface area (Å²) in [5.74, 6) is 1.87. The van der Waals surface area contributed by atoms with Crippen LogP contribution in [-0.4, -0.2) is 12.1 Å². The zero-order valence-electron chi connectivity index (χ0n) is 7.64. The van der Waals surface area contributed by atoms with Gasteiger partial charge in [-0.2, -0.15) is 0 Å². The molecule has 64 valence electrons.